The summed E-state index contributed by atoms with van der Waals surface area (Å²) in [7, 11) is 1.81. The van der Waals surface area contributed by atoms with E-state index in [-0.39, 0.29) is 0 Å². The Labute approximate surface area is 116 Å². The summed E-state index contributed by atoms with van der Waals surface area (Å²) in [5, 5.41) is 5.12. The molecule has 0 atom stereocenters. The third-order valence-corrected chi connectivity index (χ3v) is 2.89. The van der Waals surface area contributed by atoms with Gasteiger partial charge in [-0.15, -0.1) is 0 Å². The van der Waals surface area contributed by atoms with Gasteiger partial charge in [0.2, 0.25) is 5.82 Å². The highest BCUT2D eigenvalue weighted by Gasteiger charge is 1.98. The van der Waals surface area contributed by atoms with Crippen LogP contribution in [0.5, 0.6) is 0 Å². The molecule has 0 spiro atoms. The molecule has 0 bridgehead atoms. The SMILES string of the molecule is CNc1ccnc(C#Cc2cncc3ccccc23)n1. The number of fused-ring (bicyclic) bond motifs is 1. The average Bonchev–Trinajstić information content (AvgIpc) is 2.53. The van der Waals surface area contributed by atoms with E-state index in [0.29, 0.717) is 5.82 Å². The maximum Gasteiger partial charge on any atom is 0.207 e. The molecule has 0 aliphatic carbocycles. The van der Waals surface area contributed by atoms with Gasteiger partial charge in [-0.25, -0.2) is 9.97 Å². The molecule has 96 valence electrons. The minimum atomic E-state index is 0.491. The Morgan fingerprint density at radius 3 is 2.85 bits per heavy atom. The number of anilines is 1. The van der Waals surface area contributed by atoms with Gasteiger partial charge in [-0.2, -0.15) is 0 Å². The number of hydrogen-bond donors (Lipinski definition) is 1. The second kappa shape index (κ2) is 5.37. The van der Waals surface area contributed by atoms with E-state index in [1.165, 1.54) is 0 Å². The lowest BCUT2D eigenvalue weighted by Crippen LogP contribution is -1.95. The molecule has 2 aromatic heterocycles. The summed E-state index contributed by atoms with van der Waals surface area (Å²) in [5.74, 6) is 7.31. The predicted octanol–water partition coefficient (Wildman–Crippen LogP) is 2.47. The molecule has 4 heteroatoms. The van der Waals surface area contributed by atoms with Crippen molar-refractivity contribution in [3.8, 4) is 11.8 Å². The van der Waals surface area contributed by atoms with Crippen LogP contribution in [0.3, 0.4) is 0 Å². The average molecular weight is 260 g/mol. The van der Waals surface area contributed by atoms with Gasteiger partial charge in [0.1, 0.15) is 5.82 Å². The normalized spacial score (nSPS) is 9.85. The van der Waals surface area contributed by atoms with Crippen LogP contribution in [0.4, 0.5) is 5.82 Å². The third-order valence-electron chi connectivity index (χ3n) is 2.89. The number of hydrogen-bond acceptors (Lipinski definition) is 4. The first-order valence-electron chi connectivity index (χ1n) is 6.22. The smallest absolute Gasteiger partial charge is 0.207 e. The monoisotopic (exact) mass is 260 g/mol. The number of rotatable bonds is 1. The summed E-state index contributed by atoms with van der Waals surface area (Å²) < 4.78 is 0. The fraction of sp³-hybridized carbons (Fsp3) is 0.0625. The molecule has 3 rings (SSSR count). The molecule has 1 aromatic carbocycles. The Hall–Kier alpha value is -2.93. The van der Waals surface area contributed by atoms with Crippen LogP contribution in [0, 0.1) is 11.8 Å². The van der Waals surface area contributed by atoms with Gasteiger partial charge in [0.25, 0.3) is 0 Å². The lowest BCUT2D eigenvalue weighted by Gasteiger charge is -1.99. The molecule has 0 amide bonds. The van der Waals surface area contributed by atoms with Gasteiger partial charge in [0.05, 0.1) is 5.56 Å². The van der Waals surface area contributed by atoms with E-state index in [1.807, 2.05) is 37.5 Å². The van der Waals surface area contributed by atoms with E-state index in [1.54, 1.807) is 18.5 Å². The molecule has 2 heterocycles. The zero-order valence-electron chi connectivity index (χ0n) is 11.0. The lowest BCUT2D eigenvalue weighted by molar-refractivity contribution is 1.12. The molecule has 20 heavy (non-hydrogen) atoms. The molecule has 3 aromatic rings. The number of pyridine rings is 1. The number of nitrogens with one attached hydrogen (secondary N) is 1. The van der Waals surface area contributed by atoms with Crippen molar-refractivity contribution in [2.45, 2.75) is 0 Å². The van der Waals surface area contributed by atoms with Crippen molar-refractivity contribution in [3.63, 3.8) is 0 Å². The molecule has 4 nitrogen and oxygen atoms in total. The van der Waals surface area contributed by atoms with Crippen molar-refractivity contribution in [2.24, 2.45) is 0 Å². The molecule has 0 aliphatic rings. The van der Waals surface area contributed by atoms with Crippen LogP contribution in [0.15, 0.2) is 48.9 Å². The summed E-state index contributed by atoms with van der Waals surface area (Å²) in [6.45, 7) is 0. The van der Waals surface area contributed by atoms with Crippen LogP contribution in [-0.2, 0) is 0 Å². The number of nitrogens with zero attached hydrogens (tertiary/aromatic N) is 3. The molecule has 0 radical (unpaired) electrons. The Balaban J connectivity index is 2.03. The van der Waals surface area contributed by atoms with Crippen molar-refractivity contribution < 1.29 is 0 Å². The van der Waals surface area contributed by atoms with Crippen molar-refractivity contribution >= 4 is 16.6 Å². The van der Waals surface area contributed by atoms with Gasteiger partial charge in [-0.1, -0.05) is 30.2 Å². The molecule has 1 N–H and O–H groups in total. The summed E-state index contributed by atoms with van der Waals surface area (Å²) in [6, 6.07) is 9.83. The maximum atomic E-state index is 4.27. The van der Waals surface area contributed by atoms with Crippen LogP contribution >= 0.6 is 0 Å². The fourth-order valence-corrected chi connectivity index (χ4v) is 1.90. The first-order chi connectivity index (χ1) is 9.86. The van der Waals surface area contributed by atoms with Gasteiger partial charge >= 0.3 is 0 Å². The van der Waals surface area contributed by atoms with Crippen molar-refractivity contribution in [1.82, 2.24) is 15.0 Å². The number of benzene rings is 1. The first-order valence-corrected chi connectivity index (χ1v) is 6.22. The quantitative estimate of drug-likeness (QED) is 0.683. The summed E-state index contributed by atoms with van der Waals surface area (Å²) in [6.07, 6.45) is 5.28. The topological polar surface area (TPSA) is 50.7 Å². The van der Waals surface area contributed by atoms with E-state index >= 15 is 0 Å². The van der Waals surface area contributed by atoms with Crippen LogP contribution < -0.4 is 5.32 Å². The predicted molar refractivity (Wildman–Crippen MR) is 79.3 cm³/mol. The first kappa shape index (κ1) is 12.1. The molecule has 0 unspecified atom stereocenters. The van der Waals surface area contributed by atoms with E-state index in [0.717, 1.165) is 22.2 Å². The van der Waals surface area contributed by atoms with E-state index in [2.05, 4.69) is 32.1 Å². The van der Waals surface area contributed by atoms with Crippen molar-refractivity contribution in [2.75, 3.05) is 12.4 Å². The minimum absolute atomic E-state index is 0.491. The maximum absolute atomic E-state index is 4.27. The van der Waals surface area contributed by atoms with Crippen LogP contribution in [0.1, 0.15) is 11.4 Å². The van der Waals surface area contributed by atoms with Crippen LogP contribution in [-0.4, -0.2) is 22.0 Å². The van der Waals surface area contributed by atoms with E-state index in [9.17, 15) is 0 Å². The standard InChI is InChI=1S/C16H12N4/c1-17-15-8-9-19-16(20-15)7-6-13-11-18-10-12-4-2-3-5-14(12)13/h2-5,8-11H,1H3,(H,17,19,20). The highest BCUT2D eigenvalue weighted by molar-refractivity contribution is 5.87. The zero-order chi connectivity index (χ0) is 13.8. The van der Waals surface area contributed by atoms with E-state index < -0.39 is 0 Å². The highest BCUT2D eigenvalue weighted by Crippen LogP contribution is 2.15. The lowest BCUT2D eigenvalue weighted by atomic mass is 10.1. The van der Waals surface area contributed by atoms with Crippen molar-refractivity contribution in [3.05, 3.63) is 60.3 Å². The largest absolute Gasteiger partial charge is 0.373 e. The van der Waals surface area contributed by atoms with Crippen molar-refractivity contribution in [1.29, 1.82) is 0 Å². The molecular weight excluding hydrogens is 248 g/mol. The summed E-state index contributed by atoms with van der Waals surface area (Å²) in [5.41, 5.74) is 0.876. The van der Waals surface area contributed by atoms with E-state index in [4.69, 9.17) is 0 Å². The van der Waals surface area contributed by atoms with Gasteiger partial charge in [-0.05, 0) is 12.0 Å². The zero-order valence-corrected chi connectivity index (χ0v) is 11.0. The molecular formula is C16H12N4. The molecule has 0 fully saturated rings. The Bertz CT molecular complexity index is 810. The second-order valence-corrected chi connectivity index (χ2v) is 4.17. The molecule has 0 saturated heterocycles. The van der Waals surface area contributed by atoms with Gasteiger partial charge < -0.3 is 5.32 Å². The fourth-order valence-electron chi connectivity index (χ4n) is 1.90. The highest BCUT2D eigenvalue weighted by atomic mass is 15.0. The molecule has 0 aliphatic heterocycles. The Kier molecular flexibility index (Phi) is 3.25. The molecule has 0 saturated carbocycles. The Morgan fingerprint density at radius 2 is 1.95 bits per heavy atom. The third kappa shape index (κ3) is 2.43. The number of aromatic nitrogens is 3. The van der Waals surface area contributed by atoms with Gasteiger partial charge in [-0.3, -0.25) is 4.98 Å². The second-order valence-electron chi connectivity index (χ2n) is 4.17. The summed E-state index contributed by atoms with van der Waals surface area (Å²) >= 11 is 0. The van der Waals surface area contributed by atoms with Gasteiger partial charge in [0, 0.05) is 36.4 Å². The van der Waals surface area contributed by atoms with Crippen LogP contribution in [0.2, 0.25) is 0 Å². The Morgan fingerprint density at radius 1 is 1.05 bits per heavy atom. The summed E-state index contributed by atoms with van der Waals surface area (Å²) in [4.78, 5) is 12.6. The van der Waals surface area contributed by atoms with Crippen LogP contribution in [0.25, 0.3) is 10.8 Å². The van der Waals surface area contributed by atoms with Gasteiger partial charge in [0.15, 0.2) is 0 Å². The minimum Gasteiger partial charge on any atom is -0.373 e.